The Kier molecular flexibility index (Phi) is 8.77. The molecule has 200 valence electrons. The van der Waals surface area contributed by atoms with E-state index in [1.165, 1.54) is 42.6 Å². The Morgan fingerprint density at radius 1 is 0.875 bits per heavy atom. The van der Waals surface area contributed by atoms with E-state index in [-0.39, 0.29) is 22.6 Å². The standard InChI is InChI=1S/C29H21BrN4O6/c1-18-3-2-4-21(15-18)29(37)40-26-14-9-23(30)16-22(26)17-31-33-28(36)20-5-10-24(11-6-20)32-27(35)19-7-12-25(13-8-19)34(38)39/h2-17H,1H3,(H,32,35)(H,33,36)/b31-17-. The van der Waals surface area contributed by atoms with Gasteiger partial charge in [-0.25, -0.2) is 10.2 Å². The Morgan fingerprint density at radius 2 is 1.55 bits per heavy atom. The first-order valence-electron chi connectivity index (χ1n) is 11.8. The van der Waals surface area contributed by atoms with Crippen LogP contribution in [0, 0.1) is 17.0 Å². The first-order chi connectivity index (χ1) is 19.2. The van der Waals surface area contributed by atoms with Crippen LogP contribution in [-0.2, 0) is 0 Å². The summed E-state index contributed by atoms with van der Waals surface area (Å²) in [5, 5.41) is 17.4. The van der Waals surface area contributed by atoms with Gasteiger partial charge in [-0.2, -0.15) is 5.10 Å². The van der Waals surface area contributed by atoms with Crippen molar-refractivity contribution >= 4 is 51.3 Å². The number of carbonyl (C=O) groups excluding carboxylic acids is 3. The van der Waals surface area contributed by atoms with E-state index in [2.05, 4.69) is 31.8 Å². The van der Waals surface area contributed by atoms with Crippen LogP contribution in [0.4, 0.5) is 11.4 Å². The maximum absolute atomic E-state index is 12.6. The molecule has 2 amide bonds. The van der Waals surface area contributed by atoms with Crippen LogP contribution in [0.2, 0.25) is 0 Å². The first-order valence-corrected chi connectivity index (χ1v) is 12.6. The van der Waals surface area contributed by atoms with Gasteiger partial charge < -0.3 is 10.1 Å². The largest absolute Gasteiger partial charge is 0.422 e. The Balaban J connectivity index is 1.37. The van der Waals surface area contributed by atoms with E-state index in [4.69, 9.17) is 4.74 Å². The normalized spacial score (nSPS) is 10.7. The summed E-state index contributed by atoms with van der Waals surface area (Å²) in [6.07, 6.45) is 1.36. The van der Waals surface area contributed by atoms with Crippen molar-refractivity contribution in [3.05, 3.63) is 133 Å². The number of amides is 2. The third kappa shape index (κ3) is 7.23. The molecule has 0 saturated heterocycles. The summed E-state index contributed by atoms with van der Waals surface area (Å²) in [5.41, 5.74) is 5.06. The van der Waals surface area contributed by atoms with Gasteiger partial charge in [-0.15, -0.1) is 0 Å². The van der Waals surface area contributed by atoms with Crippen molar-refractivity contribution in [1.29, 1.82) is 0 Å². The molecular formula is C29H21BrN4O6. The van der Waals surface area contributed by atoms with Gasteiger partial charge in [-0.1, -0.05) is 33.6 Å². The number of non-ortho nitro benzene ring substituents is 1. The Bertz CT molecular complexity index is 1620. The molecule has 0 heterocycles. The zero-order valence-corrected chi connectivity index (χ0v) is 22.5. The fraction of sp³-hybridized carbons (Fsp3) is 0.0345. The van der Waals surface area contributed by atoms with Crippen molar-refractivity contribution in [3.8, 4) is 5.75 Å². The molecule has 0 bridgehead atoms. The predicted octanol–water partition coefficient (Wildman–Crippen LogP) is 5.90. The van der Waals surface area contributed by atoms with Crippen LogP contribution in [0.5, 0.6) is 5.75 Å². The molecule has 0 atom stereocenters. The minimum atomic E-state index is -0.547. The summed E-state index contributed by atoms with van der Waals surface area (Å²) in [5.74, 6) is -1.21. The third-order valence-electron chi connectivity index (χ3n) is 5.54. The molecule has 0 saturated carbocycles. The smallest absolute Gasteiger partial charge is 0.343 e. The van der Waals surface area contributed by atoms with Gasteiger partial charge in [0.1, 0.15) is 5.75 Å². The molecule has 10 nitrogen and oxygen atoms in total. The van der Waals surface area contributed by atoms with Crippen molar-refractivity contribution in [1.82, 2.24) is 5.43 Å². The number of ether oxygens (including phenoxy) is 1. The van der Waals surface area contributed by atoms with Crippen LogP contribution in [-0.4, -0.2) is 28.9 Å². The topological polar surface area (TPSA) is 140 Å². The highest BCUT2D eigenvalue weighted by Gasteiger charge is 2.13. The van der Waals surface area contributed by atoms with Gasteiger partial charge in [-0.05, 0) is 73.7 Å². The molecule has 0 radical (unpaired) electrons. The maximum Gasteiger partial charge on any atom is 0.343 e. The Morgan fingerprint density at radius 3 is 2.23 bits per heavy atom. The first kappa shape index (κ1) is 27.9. The number of nitrogens with zero attached hydrogens (tertiary/aromatic N) is 2. The minimum Gasteiger partial charge on any atom is -0.422 e. The fourth-order valence-electron chi connectivity index (χ4n) is 3.51. The molecular weight excluding hydrogens is 580 g/mol. The van der Waals surface area contributed by atoms with Crippen LogP contribution < -0.4 is 15.5 Å². The highest BCUT2D eigenvalue weighted by atomic mass is 79.9. The molecule has 0 aliphatic heterocycles. The second kappa shape index (κ2) is 12.6. The maximum atomic E-state index is 12.6. The van der Waals surface area contributed by atoms with Crippen LogP contribution in [0.3, 0.4) is 0 Å². The number of hydrogen-bond donors (Lipinski definition) is 2. The van der Waals surface area contributed by atoms with E-state index in [0.29, 0.717) is 16.8 Å². The number of nitro benzene ring substituents is 1. The van der Waals surface area contributed by atoms with Gasteiger partial charge in [0.2, 0.25) is 0 Å². The van der Waals surface area contributed by atoms with Crippen LogP contribution in [0.25, 0.3) is 0 Å². The minimum absolute atomic E-state index is 0.117. The van der Waals surface area contributed by atoms with Crippen LogP contribution >= 0.6 is 15.9 Å². The molecule has 0 unspecified atom stereocenters. The second-order valence-corrected chi connectivity index (χ2v) is 9.39. The second-order valence-electron chi connectivity index (χ2n) is 8.48. The molecule has 2 N–H and O–H groups in total. The highest BCUT2D eigenvalue weighted by molar-refractivity contribution is 9.10. The monoisotopic (exact) mass is 600 g/mol. The quantitative estimate of drug-likeness (QED) is 0.0848. The molecule has 4 rings (SSSR count). The molecule has 11 heteroatoms. The van der Waals surface area contributed by atoms with E-state index >= 15 is 0 Å². The number of nitrogens with one attached hydrogen (secondary N) is 2. The lowest BCUT2D eigenvalue weighted by Crippen LogP contribution is -2.18. The molecule has 4 aromatic rings. The lowest BCUT2D eigenvalue weighted by atomic mass is 10.1. The van der Waals surface area contributed by atoms with Gasteiger partial charge in [-0.3, -0.25) is 19.7 Å². The molecule has 0 spiro atoms. The summed E-state index contributed by atoms with van der Waals surface area (Å²) >= 11 is 3.38. The highest BCUT2D eigenvalue weighted by Crippen LogP contribution is 2.23. The summed E-state index contributed by atoms with van der Waals surface area (Å²) in [6, 6.07) is 23.3. The van der Waals surface area contributed by atoms with Gasteiger partial charge in [0.15, 0.2) is 0 Å². The van der Waals surface area contributed by atoms with Crippen LogP contribution in [0.15, 0.2) is 101 Å². The number of hydrogen-bond acceptors (Lipinski definition) is 7. The lowest BCUT2D eigenvalue weighted by Gasteiger charge is -2.09. The predicted molar refractivity (Wildman–Crippen MR) is 153 cm³/mol. The number of halogens is 1. The van der Waals surface area contributed by atoms with Crippen molar-refractivity contribution < 1.29 is 24.0 Å². The van der Waals surface area contributed by atoms with Crippen molar-refractivity contribution in [2.24, 2.45) is 5.10 Å². The summed E-state index contributed by atoms with van der Waals surface area (Å²) < 4.78 is 6.27. The number of esters is 1. The number of carbonyl (C=O) groups is 3. The Labute approximate surface area is 237 Å². The molecule has 0 fully saturated rings. The summed E-state index contributed by atoms with van der Waals surface area (Å²) in [6.45, 7) is 1.88. The number of hydrazone groups is 1. The average Bonchev–Trinajstić information content (AvgIpc) is 2.94. The van der Waals surface area contributed by atoms with Crippen LogP contribution in [0.1, 0.15) is 42.2 Å². The molecule has 4 aromatic carbocycles. The molecule has 0 aliphatic rings. The van der Waals surface area contributed by atoms with Crippen molar-refractivity contribution in [3.63, 3.8) is 0 Å². The summed E-state index contributed by atoms with van der Waals surface area (Å²) in [4.78, 5) is 47.8. The molecule has 0 aliphatic carbocycles. The van der Waals surface area contributed by atoms with E-state index in [0.717, 1.165) is 10.0 Å². The number of anilines is 1. The van der Waals surface area contributed by atoms with Crippen molar-refractivity contribution in [2.45, 2.75) is 6.92 Å². The SMILES string of the molecule is Cc1cccc(C(=O)Oc2ccc(Br)cc2/C=N\NC(=O)c2ccc(NC(=O)c3ccc([N+](=O)[O-])cc3)cc2)c1. The molecule has 0 aromatic heterocycles. The van der Waals surface area contributed by atoms with Gasteiger partial charge >= 0.3 is 5.97 Å². The number of aryl methyl sites for hydroxylation is 1. The number of rotatable bonds is 8. The zero-order valence-electron chi connectivity index (χ0n) is 21.0. The lowest BCUT2D eigenvalue weighted by molar-refractivity contribution is -0.384. The van der Waals surface area contributed by atoms with E-state index in [9.17, 15) is 24.5 Å². The van der Waals surface area contributed by atoms with E-state index < -0.39 is 22.7 Å². The van der Waals surface area contributed by atoms with Gasteiger partial charge in [0, 0.05) is 39.0 Å². The molecule has 40 heavy (non-hydrogen) atoms. The number of benzene rings is 4. The zero-order chi connectivity index (χ0) is 28.6. The fourth-order valence-corrected chi connectivity index (χ4v) is 3.89. The summed E-state index contributed by atoms with van der Waals surface area (Å²) in [7, 11) is 0. The van der Waals surface area contributed by atoms with E-state index in [1.807, 2.05) is 13.0 Å². The number of nitro groups is 1. The average molecular weight is 601 g/mol. The van der Waals surface area contributed by atoms with E-state index in [1.54, 1.807) is 48.5 Å². The van der Waals surface area contributed by atoms with Crippen molar-refractivity contribution in [2.75, 3.05) is 5.32 Å². The third-order valence-corrected chi connectivity index (χ3v) is 6.04. The van der Waals surface area contributed by atoms with Gasteiger partial charge in [0.05, 0.1) is 16.7 Å². The Hall–Kier alpha value is -5.16. The van der Waals surface area contributed by atoms with Gasteiger partial charge in [0.25, 0.3) is 17.5 Å².